The molecule has 2 aromatic rings. The van der Waals surface area contributed by atoms with Crippen LogP contribution in [-0.2, 0) is 4.79 Å². The van der Waals surface area contributed by atoms with Crippen LogP contribution >= 0.6 is 0 Å². The summed E-state index contributed by atoms with van der Waals surface area (Å²) in [4.78, 5) is 17.5. The number of imidazole rings is 1. The van der Waals surface area contributed by atoms with Gasteiger partial charge >= 0.3 is 0 Å². The molecule has 0 aliphatic heterocycles. The number of pyridine rings is 1. The predicted octanol–water partition coefficient (Wildman–Crippen LogP) is 1.61. The summed E-state index contributed by atoms with van der Waals surface area (Å²) in [6.45, 7) is 1.99. The fourth-order valence-corrected chi connectivity index (χ4v) is 1.23. The van der Waals surface area contributed by atoms with Gasteiger partial charge in [-0.05, 0) is 18.6 Å². The second kappa shape index (κ2) is 2.84. The predicted molar refractivity (Wildman–Crippen MR) is 47.7 cm³/mol. The van der Waals surface area contributed by atoms with Crippen LogP contribution in [0.25, 0.3) is 5.52 Å². The van der Waals surface area contributed by atoms with E-state index in [0.29, 0.717) is 5.82 Å². The third-order valence-electron chi connectivity index (χ3n) is 1.81. The molecule has 0 aromatic carbocycles. The van der Waals surface area contributed by atoms with Gasteiger partial charge in [0.1, 0.15) is 6.33 Å². The summed E-state index contributed by atoms with van der Waals surface area (Å²) in [6, 6.07) is 3.82. The first-order valence-corrected chi connectivity index (χ1v) is 3.82. The molecule has 4 heteroatoms. The van der Waals surface area contributed by atoms with E-state index in [1.807, 2.05) is 29.7 Å². The fourth-order valence-electron chi connectivity index (χ4n) is 1.23. The van der Waals surface area contributed by atoms with Crippen molar-refractivity contribution in [3.05, 3.63) is 30.2 Å². The van der Waals surface area contributed by atoms with Crippen LogP contribution in [0.15, 0.2) is 29.6 Å². The van der Waals surface area contributed by atoms with Gasteiger partial charge in [0.05, 0.1) is 5.52 Å². The Morgan fingerprint density at radius 2 is 2.38 bits per heavy atom. The Hall–Kier alpha value is -1.93. The zero-order valence-corrected chi connectivity index (χ0v) is 7.06. The van der Waals surface area contributed by atoms with Crippen LogP contribution in [0.4, 0.5) is 5.82 Å². The van der Waals surface area contributed by atoms with Crippen molar-refractivity contribution in [3.8, 4) is 0 Å². The van der Waals surface area contributed by atoms with Gasteiger partial charge < -0.3 is 4.40 Å². The van der Waals surface area contributed by atoms with Crippen LogP contribution in [0.2, 0.25) is 0 Å². The molecular weight excluding hydrogens is 166 g/mol. The summed E-state index contributed by atoms with van der Waals surface area (Å²) in [5.41, 5.74) is 1.94. The first-order chi connectivity index (χ1) is 6.31. The molecule has 0 bridgehead atoms. The number of rotatable bonds is 1. The van der Waals surface area contributed by atoms with E-state index < -0.39 is 0 Å². The summed E-state index contributed by atoms with van der Waals surface area (Å²) in [5, 5.41) is 0. The Bertz CT molecular complexity index is 495. The number of nitrogens with zero attached hydrogens (tertiary/aromatic N) is 3. The van der Waals surface area contributed by atoms with Gasteiger partial charge in [-0.2, -0.15) is 0 Å². The highest BCUT2D eigenvalue weighted by Gasteiger charge is 2.01. The molecule has 0 aliphatic carbocycles. The van der Waals surface area contributed by atoms with Gasteiger partial charge in [-0.1, -0.05) is 6.07 Å². The van der Waals surface area contributed by atoms with E-state index >= 15 is 0 Å². The van der Waals surface area contributed by atoms with Gasteiger partial charge in [-0.25, -0.2) is 9.78 Å². The molecule has 0 saturated heterocycles. The van der Waals surface area contributed by atoms with Crippen molar-refractivity contribution in [2.24, 2.45) is 4.99 Å². The van der Waals surface area contributed by atoms with Crippen molar-refractivity contribution >= 4 is 17.4 Å². The quantitative estimate of drug-likeness (QED) is 0.485. The SMILES string of the molecule is Cc1ccc2c(N=C=O)ncn2c1. The van der Waals surface area contributed by atoms with E-state index in [9.17, 15) is 4.79 Å². The molecule has 0 saturated carbocycles. The first-order valence-electron chi connectivity index (χ1n) is 3.82. The molecule has 13 heavy (non-hydrogen) atoms. The number of carbonyl (C=O) groups excluding carboxylic acids is 1. The molecule has 2 aromatic heterocycles. The van der Waals surface area contributed by atoms with Crippen LogP contribution < -0.4 is 0 Å². The molecule has 0 N–H and O–H groups in total. The van der Waals surface area contributed by atoms with E-state index in [-0.39, 0.29) is 0 Å². The second-order valence-electron chi connectivity index (χ2n) is 2.77. The van der Waals surface area contributed by atoms with Crippen molar-refractivity contribution in [3.63, 3.8) is 0 Å². The molecule has 0 aliphatic rings. The normalized spacial score (nSPS) is 9.92. The van der Waals surface area contributed by atoms with Crippen LogP contribution in [0.1, 0.15) is 5.56 Å². The van der Waals surface area contributed by atoms with Crippen LogP contribution in [0.5, 0.6) is 0 Å². The molecule has 4 nitrogen and oxygen atoms in total. The van der Waals surface area contributed by atoms with Crippen molar-refractivity contribution in [2.75, 3.05) is 0 Å². The fraction of sp³-hybridized carbons (Fsp3) is 0.111. The maximum atomic E-state index is 10.0. The van der Waals surface area contributed by atoms with Crippen molar-refractivity contribution in [2.45, 2.75) is 6.92 Å². The van der Waals surface area contributed by atoms with Gasteiger partial charge in [0.2, 0.25) is 6.08 Å². The zero-order valence-electron chi connectivity index (χ0n) is 7.06. The van der Waals surface area contributed by atoms with E-state index in [1.165, 1.54) is 6.08 Å². The largest absolute Gasteiger partial charge is 0.304 e. The molecule has 0 amide bonds. The summed E-state index contributed by atoms with van der Waals surface area (Å²) >= 11 is 0. The number of hydrogen-bond donors (Lipinski definition) is 0. The lowest BCUT2D eigenvalue weighted by molar-refractivity contribution is 0.565. The van der Waals surface area contributed by atoms with E-state index in [1.54, 1.807) is 6.33 Å². The zero-order chi connectivity index (χ0) is 9.26. The number of hydrogen-bond acceptors (Lipinski definition) is 3. The van der Waals surface area contributed by atoms with Crippen molar-refractivity contribution in [1.82, 2.24) is 9.38 Å². The van der Waals surface area contributed by atoms with E-state index in [4.69, 9.17) is 0 Å². The Kier molecular flexibility index (Phi) is 1.69. The smallest absolute Gasteiger partial charge is 0.242 e. The van der Waals surface area contributed by atoms with E-state index in [0.717, 1.165) is 11.1 Å². The summed E-state index contributed by atoms with van der Waals surface area (Å²) in [5.74, 6) is 0.412. The number of aliphatic imine (C=N–C) groups is 1. The maximum absolute atomic E-state index is 10.0. The number of fused-ring (bicyclic) bond motifs is 1. The van der Waals surface area contributed by atoms with Crippen molar-refractivity contribution in [1.29, 1.82) is 0 Å². The summed E-state index contributed by atoms with van der Waals surface area (Å²) < 4.78 is 1.82. The van der Waals surface area contributed by atoms with Gasteiger partial charge in [0.25, 0.3) is 0 Å². The van der Waals surface area contributed by atoms with Crippen LogP contribution in [-0.4, -0.2) is 15.5 Å². The second-order valence-corrected chi connectivity index (χ2v) is 2.77. The van der Waals surface area contributed by atoms with Gasteiger partial charge in [-0.3, -0.25) is 0 Å². The topological polar surface area (TPSA) is 46.7 Å². The highest BCUT2D eigenvalue weighted by molar-refractivity contribution is 5.67. The lowest BCUT2D eigenvalue weighted by Crippen LogP contribution is -1.81. The van der Waals surface area contributed by atoms with Gasteiger partial charge in [0, 0.05) is 6.20 Å². The molecule has 0 atom stereocenters. The Morgan fingerprint density at radius 1 is 1.54 bits per heavy atom. The van der Waals surface area contributed by atoms with Gasteiger partial charge in [-0.15, -0.1) is 4.99 Å². The first kappa shape index (κ1) is 7.71. The highest BCUT2D eigenvalue weighted by Crippen LogP contribution is 2.17. The van der Waals surface area contributed by atoms with Crippen molar-refractivity contribution < 1.29 is 4.79 Å². The third-order valence-corrected chi connectivity index (χ3v) is 1.81. The number of aromatic nitrogens is 2. The average Bonchev–Trinajstić information content (AvgIpc) is 2.49. The minimum atomic E-state index is 0.412. The lowest BCUT2D eigenvalue weighted by atomic mass is 10.3. The monoisotopic (exact) mass is 173 g/mol. The Morgan fingerprint density at radius 3 is 3.15 bits per heavy atom. The lowest BCUT2D eigenvalue weighted by Gasteiger charge is -1.94. The van der Waals surface area contributed by atoms with E-state index in [2.05, 4.69) is 9.98 Å². The summed E-state index contributed by atoms with van der Waals surface area (Å²) in [7, 11) is 0. The Balaban J connectivity index is 2.75. The minimum absolute atomic E-state index is 0.412. The number of isocyanates is 1. The molecule has 64 valence electrons. The van der Waals surface area contributed by atoms with Crippen LogP contribution in [0.3, 0.4) is 0 Å². The third kappa shape index (κ3) is 1.23. The standard InChI is InChI=1S/C9H7N3O/c1-7-2-3-8-9(11-6-13)10-5-12(8)4-7/h2-5H,1H3. The van der Waals surface area contributed by atoms with Gasteiger partial charge in [0.15, 0.2) is 5.82 Å². The number of aryl methyl sites for hydroxylation is 1. The molecular formula is C9H7N3O. The molecule has 0 spiro atoms. The van der Waals surface area contributed by atoms with Crippen LogP contribution in [0, 0.1) is 6.92 Å². The highest BCUT2D eigenvalue weighted by atomic mass is 16.1. The minimum Gasteiger partial charge on any atom is -0.304 e. The molecule has 2 heterocycles. The molecule has 0 unspecified atom stereocenters. The molecule has 0 fully saturated rings. The summed E-state index contributed by atoms with van der Waals surface area (Å²) in [6.07, 6.45) is 5.02. The maximum Gasteiger partial charge on any atom is 0.242 e. The molecule has 2 rings (SSSR count). The average molecular weight is 173 g/mol. The molecule has 0 radical (unpaired) electrons. The Labute approximate surface area is 74.6 Å².